The number of rotatable bonds is 5. The third kappa shape index (κ3) is 5.20. The van der Waals surface area contributed by atoms with Crippen molar-refractivity contribution in [3.05, 3.63) is 48.0 Å². The van der Waals surface area contributed by atoms with Gasteiger partial charge in [0.1, 0.15) is 0 Å². The number of fused-ring (bicyclic) bond motifs is 1. The molecule has 1 heterocycles. The minimum atomic E-state index is -3.61. The van der Waals surface area contributed by atoms with E-state index in [-0.39, 0.29) is 29.7 Å². The fourth-order valence-electron chi connectivity index (χ4n) is 4.13. The van der Waals surface area contributed by atoms with Crippen LogP contribution in [0, 0.1) is 5.92 Å². The number of nitrogens with zero attached hydrogens (tertiary/aromatic N) is 2. The number of sulfonamides is 1. The highest BCUT2D eigenvalue weighted by atomic mass is 32.2. The third-order valence-corrected chi connectivity index (χ3v) is 6.53. The Morgan fingerprint density at radius 3 is 2.27 bits per heavy atom. The highest BCUT2D eigenvalue weighted by molar-refractivity contribution is 7.88. The molecule has 2 aliphatic rings. The predicted octanol–water partition coefficient (Wildman–Crippen LogP) is 3.64. The van der Waals surface area contributed by atoms with Gasteiger partial charge in [-0.1, -0.05) is 30.3 Å². The molecule has 0 saturated heterocycles. The van der Waals surface area contributed by atoms with E-state index in [2.05, 4.69) is 0 Å². The molecule has 0 bridgehead atoms. The van der Waals surface area contributed by atoms with Crippen molar-refractivity contribution < 1.29 is 22.7 Å². The Kier molecular flexibility index (Phi) is 6.20. The van der Waals surface area contributed by atoms with Crippen LogP contribution in [0.1, 0.15) is 39.2 Å². The molecule has 1 fully saturated rings. The van der Waals surface area contributed by atoms with Crippen molar-refractivity contribution in [1.82, 2.24) is 0 Å². The quantitative estimate of drug-likeness (QED) is 0.716. The summed E-state index contributed by atoms with van der Waals surface area (Å²) in [7, 11) is -3.61. The lowest BCUT2D eigenvalue weighted by Gasteiger charge is -2.41. The molecule has 0 radical (unpaired) electrons. The van der Waals surface area contributed by atoms with E-state index in [1.165, 1.54) is 0 Å². The molecule has 1 saturated carbocycles. The molecule has 176 valence electrons. The average molecular weight is 472 g/mol. The van der Waals surface area contributed by atoms with Crippen molar-refractivity contribution in [1.29, 1.82) is 0 Å². The van der Waals surface area contributed by atoms with E-state index in [0.29, 0.717) is 23.5 Å². The number of benzene rings is 2. The van der Waals surface area contributed by atoms with Crippen LogP contribution >= 0.6 is 0 Å². The highest BCUT2D eigenvalue weighted by Crippen LogP contribution is 2.42. The molecule has 9 heteroatoms. The van der Waals surface area contributed by atoms with Gasteiger partial charge in [-0.15, -0.1) is 0 Å². The van der Waals surface area contributed by atoms with Gasteiger partial charge in [-0.25, -0.2) is 18.4 Å². The molecule has 0 spiro atoms. The number of carbonyl (C=O) groups is 2. The summed E-state index contributed by atoms with van der Waals surface area (Å²) in [5.74, 6) is -0.0798. The molecule has 33 heavy (non-hydrogen) atoms. The Hall–Kier alpha value is -2.91. The molecule has 1 atom stereocenters. The van der Waals surface area contributed by atoms with Gasteiger partial charge in [0.25, 0.3) is 0 Å². The van der Waals surface area contributed by atoms with Gasteiger partial charge in [0, 0.05) is 12.5 Å². The van der Waals surface area contributed by atoms with Crippen molar-refractivity contribution in [2.45, 2.75) is 51.5 Å². The van der Waals surface area contributed by atoms with E-state index in [4.69, 9.17) is 9.88 Å². The lowest BCUT2D eigenvalue weighted by Crippen LogP contribution is -2.52. The van der Waals surface area contributed by atoms with Crippen LogP contribution in [0.3, 0.4) is 0 Å². The molecular formula is C24H29N3O5S. The minimum absolute atomic E-state index is 0.0560. The molecule has 2 aromatic rings. The standard InChI is InChI=1S/C24H29N3O5S/c1-15(2)32-24(29)26-13-16(3)27(23(28)19-8-9-19)21-11-10-20(12-22(21)26)18-6-4-17(5-7-18)14-33(25,30)31/h4-7,10-12,15-16,19H,8-9,13-14H2,1-3H3,(H2,25,30,31)/t16-/m0/s1. The molecule has 4 rings (SSSR count). The fraction of sp³-hybridized carbons (Fsp3) is 0.417. The van der Waals surface area contributed by atoms with E-state index >= 15 is 0 Å². The Morgan fingerprint density at radius 2 is 1.70 bits per heavy atom. The fourth-order valence-corrected chi connectivity index (χ4v) is 4.79. The molecule has 2 amide bonds. The topological polar surface area (TPSA) is 110 Å². The van der Waals surface area contributed by atoms with Gasteiger partial charge in [0.05, 0.1) is 29.3 Å². The second-order valence-corrected chi connectivity index (χ2v) is 10.7. The van der Waals surface area contributed by atoms with Crippen molar-refractivity contribution >= 4 is 33.4 Å². The average Bonchev–Trinajstić information content (AvgIpc) is 3.57. The summed E-state index contributed by atoms with van der Waals surface area (Å²) in [5.41, 5.74) is 3.61. The SMILES string of the molecule is CC(C)OC(=O)N1C[C@H](C)N(C(=O)C2CC2)c2ccc(-c3ccc(CS(N)(=O)=O)cc3)cc21. The maximum absolute atomic E-state index is 13.0. The first-order chi connectivity index (χ1) is 15.5. The maximum Gasteiger partial charge on any atom is 0.414 e. The first-order valence-corrected chi connectivity index (χ1v) is 12.8. The minimum Gasteiger partial charge on any atom is -0.446 e. The van der Waals surface area contributed by atoms with Gasteiger partial charge in [-0.05, 0) is 62.4 Å². The predicted molar refractivity (Wildman–Crippen MR) is 127 cm³/mol. The van der Waals surface area contributed by atoms with Crippen LogP contribution in [-0.4, -0.2) is 39.1 Å². The smallest absolute Gasteiger partial charge is 0.414 e. The molecule has 8 nitrogen and oxygen atoms in total. The van der Waals surface area contributed by atoms with Crippen molar-refractivity contribution in [2.75, 3.05) is 16.3 Å². The zero-order valence-electron chi connectivity index (χ0n) is 19.0. The van der Waals surface area contributed by atoms with Crippen LogP contribution in [0.2, 0.25) is 0 Å². The Labute approximate surface area is 194 Å². The van der Waals surface area contributed by atoms with Crippen molar-refractivity contribution in [2.24, 2.45) is 11.1 Å². The number of amides is 2. The zero-order chi connectivity index (χ0) is 23.9. The molecule has 1 aliphatic carbocycles. The molecule has 2 N–H and O–H groups in total. The second-order valence-electron chi connectivity index (χ2n) is 9.08. The highest BCUT2D eigenvalue weighted by Gasteiger charge is 2.41. The Balaban J connectivity index is 1.72. The molecule has 0 aromatic heterocycles. The van der Waals surface area contributed by atoms with Crippen LogP contribution < -0.4 is 14.9 Å². The van der Waals surface area contributed by atoms with Gasteiger partial charge in [0.15, 0.2) is 0 Å². The van der Waals surface area contributed by atoms with Crippen LogP contribution in [0.4, 0.5) is 16.2 Å². The number of primary sulfonamides is 1. The third-order valence-electron chi connectivity index (χ3n) is 5.79. The largest absolute Gasteiger partial charge is 0.446 e. The molecular weight excluding hydrogens is 442 g/mol. The molecule has 0 unspecified atom stereocenters. The normalized spacial score (nSPS) is 18.3. The van der Waals surface area contributed by atoms with Crippen LogP contribution in [0.15, 0.2) is 42.5 Å². The Bertz CT molecular complexity index is 1170. The van der Waals surface area contributed by atoms with E-state index in [1.54, 1.807) is 30.9 Å². The van der Waals surface area contributed by atoms with Crippen LogP contribution in [-0.2, 0) is 25.3 Å². The van der Waals surface area contributed by atoms with Gasteiger partial charge in [-0.3, -0.25) is 9.69 Å². The summed E-state index contributed by atoms with van der Waals surface area (Å²) in [5, 5.41) is 5.14. The number of carbonyl (C=O) groups excluding carboxylic acids is 2. The van der Waals surface area contributed by atoms with Crippen molar-refractivity contribution in [3.63, 3.8) is 0 Å². The van der Waals surface area contributed by atoms with Crippen LogP contribution in [0.5, 0.6) is 0 Å². The summed E-state index contributed by atoms with van der Waals surface area (Å²) in [6.45, 7) is 5.88. The number of anilines is 2. The lowest BCUT2D eigenvalue weighted by molar-refractivity contribution is -0.120. The monoisotopic (exact) mass is 471 g/mol. The van der Waals surface area contributed by atoms with Crippen LogP contribution in [0.25, 0.3) is 11.1 Å². The van der Waals surface area contributed by atoms with E-state index in [0.717, 1.165) is 24.0 Å². The van der Waals surface area contributed by atoms with E-state index in [1.807, 2.05) is 42.2 Å². The number of nitrogens with two attached hydrogens (primary N) is 1. The first kappa shape index (κ1) is 23.3. The van der Waals surface area contributed by atoms with E-state index in [9.17, 15) is 18.0 Å². The van der Waals surface area contributed by atoms with Gasteiger partial charge < -0.3 is 9.64 Å². The van der Waals surface area contributed by atoms with Gasteiger partial charge >= 0.3 is 6.09 Å². The zero-order valence-corrected chi connectivity index (χ0v) is 19.8. The summed E-state index contributed by atoms with van der Waals surface area (Å²) in [6.07, 6.45) is 1.09. The van der Waals surface area contributed by atoms with Gasteiger partial charge in [0.2, 0.25) is 15.9 Å². The maximum atomic E-state index is 13.0. The Morgan fingerprint density at radius 1 is 1.06 bits per heavy atom. The molecule has 2 aromatic carbocycles. The summed E-state index contributed by atoms with van der Waals surface area (Å²) in [4.78, 5) is 29.3. The second kappa shape index (κ2) is 8.79. The number of hydrogen-bond donors (Lipinski definition) is 1. The number of hydrogen-bond acceptors (Lipinski definition) is 5. The van der Waals surface area contributed by atoms with Crippen molar-refractivity contribution in [3.8, 4) is 11.1 Å². The summed E-state index contributed by atoms with van der Waals surface area (Å²) < 4.78 is 28.2. The van der Waals surface area contributed by atoms with E-state index < -0.39 is 16.1 Å². The van der Waals surface area contributed by atoms with Gasteiger partial charge in [-0.2, -0.15) is 0 Å². The lowest BCUT2D eigenvalue weighted by atomic mass is 9.99. The number of ether oxygens (including phenoxy) is 1. The first-order valence-electron chi connectivity index (χ1n) is 11.1. The summed E-state index contributed by atoms with van der Waals surface area (Å²) in [6, 6.07) is 12.6. The summed E-state index contributed by atoms with van der Waals surface area (Å²) >= 11 is 0. The molecule has 1 aliphatic heterocycles.